The van der Waals surface area contributed by atoms with E-state index in [4.69, 9.17) is 14.5 Å². The summed E-state index contributed by atoms with van der Waals surface area (Å²) in [5.74, 6) is 1.13. The highest BCUT2D eigenvalue weighted by Gasteiger charge is 2.18. The molecule has 0 aliphatic rings. The van der Waals surface area contributed by atoms with Crippen molar-refractivity contribution in [1.82, 2.24) is 14.5 Å². The quantitative estimate of drug-likeness (QED) is 0.269. The molecule has 0 aliphatic carbocycles. The van der Waals surface area contributed by atoms with Crippen LogP contribution in [0.15, 0.2) is 76.7 Å². The van der Waals surface area contributed by atoms with Crippen LogP contribution >= 0.6 is 11.8 Å². The van der Waals surface area contributed by atoms with Gasteiger partial charge < -0.3 is 14.4 Å². The van der Waals surface area contributed by atoms with Gasteiger partial charge >= 0.3 is 0 Å². The third-order valence-corrected chi connectivity index (χ3v) is 6.58. The van der Waals surface area contributed by atoms with Gasteiger partial charge in [-0.25, -0.2) is 4.98 Å². The highest BCUT2D eigenvalue weighted by molar-refractivity contribution is 7.99. The van der Waals surface area contributed by atoms with Gasteiger partial charge in [0.25, 0.3) is 5.56 Å². The second kappa shape index (κ2) is 10.7. The van der Waals surface area contributed by atoms with E-state index in [1.165, 1.54) is 21.9 Å². The Kier molecular flexibility index (Phi) is 7.41. The van der Waals surface area contributed by atoms with Crippen molar-refractivity contribution in [2.24, 2.45) is 0 Å². The smallest absolute Gasteiger partial charge is 0.266 e. The van der Waals surface area contributed by atoms with Crippen LogP contribution in [0.2, 0.25) is 0 Å². The van der Waals surface area contributed by atoms with Gasteiger partial charge in [0.05, 0.1) is 36.6 Å². The van der Waals surface area contributed by atoms with Gasteiger partial charge in [-0.3, -0.25) is 14.2 Å². The Morgan fingerprint density at radius 3 is 2.43 bits per heavy atom. The lowest BCUT2D eigenvalue weighted by atomic mass is 10.1. The van der Waals surface area contributed by atoms with Crippen LogP contribution in [0.4, 0.5) is 0 Å². The summed E-state index contributed by atoms with van der Waals surface area (Å²) in [6.45, 7) is 2.54. The standard InChI is InChI=1S/C27H27N3O4S/c1-18-9-11-19(12-10-18)16-29(2)25(31)17-35-27-28-22-8-6-5-7-21(22)26(32)30(27)20-13-14-23(33-3)24(15-20)34-4/h5-15H,16-17H2,1-4H3. The number of methoxy groups -OCH3 is 2. The van der Waals surface area contributed by atoms with E-state index in [9.17, 15) is 9.59 Å². The van der Waals surface area contributed by atoms with Crippen LogP contribution in [-0.2, 0) is 11.3 Å². The Morgan fingerprint density at radius 2 is 1.71 bits per heavy atom. The Labute approximate surface area is 208 Å². The summed E-state index contributed by atoms with van der Waals surface area (Å²) in [7, 11) is 4.88. The third-order valence-electron chi connectivity index (χ3n) is 5.66. The highest BCUT2D eigenvalue weighted by atomic mass is 32.2. The first-order valence-corrected chi connectivity index (χ1v) is 12.1. The largest absolute Gasteiger partial charge is 0.493 e. The summed E-state index contributed by atoms with van der Waals surface area (Å²) in [6.07, 6.45) is 0. The Morgan fingerprint density at radius 1 is 1.00 bits per heavy atom. The van der Waals surface area contributed by atoms with Crippen molar-refractivity contribution in [2.45, 2.75) is 18.6 Å². The lowest BCUT2D eigenvalue weighted by Crippen LogP contribution is -2.28. The predicted molar refractivity (Wildman–Crippen MR) is 139 cm³/mol. The van der Waals surface area contributed by atoms with Crippen molar-refractivity contribution in [3.05, 3.63) is 88.2 Å². The number of aryl methyl sites for hydroxylation is 1. The zero-order valence-corrected chi connectivity index (χ0v) is 21.0. The molecule has 0 unspecified atom stereocenters. The molecule has 1 amide bonds. The van der Waals surface area contributed by atoms with E-state index in [0.717, 1.165) is 5.56 Å². The molecule has 0 fully saturated rings. The molecular formula is C27H27N3O4S. The predicted octanol–water partition coefficient (Wildman–Crippen LogP) is 4.46. The van der Waals surface area contributed by atoms with Crippen molar-refractivity contribution in [3.8, 4) is 17.2 Å². The molecule has 0 bridgehead atoms. The van der Waals surface area contributed by atoms with E-state index in [1.54, 1.807) is 62.6 Å². The van der Waals surface area contributed by atoms with Crippen molar-refractivity contribution in [1.29, 1.82) is 0 Å². The number of aromatic nitrogens is 2. The number of nitrogens with zero attached hydrogens (tertiary/aromatic N) is 3. The molecule has 180 valence electrons. The van der Waals surface area contributed by atoms with Crippen LogP contribution in [0.1, 0.15) is 11.1 Å². The molecule has 0 saturated heterocycles. The maximum absolute atomic E-state index is 13.5. The fraction of sp³-hybridized carbons (Fsp3) is 0.222. The average Bonchev–Trinajstić information content (AvgIpc) is 2.88. The van der Waals surface area contributed by atoms with Gasteiger partial charge in [-0.15, -0.1) is 0 Å². The minimum atomic E-state index is -0.217. The number of amides is 1. The maximum atomic E-state index is 13.5. The molecule has 1 heterocycles. The van der Waals surface area contributed by atoms with E-state index >= 15 is 0 Å². The van der Waals surface area contributed by atoms with Crippen LogP contribution in [0.3, 0.4) is 0 Å². The highest BCUT2D eigenvalue weighted by Crippen LogP contribution is 2.30. The third kappa shape index (κ3) is 5.33. The summed E-state index contributed by atoms with van der Waals surface area (Å²) in [5, 5.41) is 0.924. The number of carbonyl (C=O) groups excluding carboxylic acids is 1. The molecule has 3 aromatic carbocycles. The van der Waals surface area contributed by atoms with Crippen molar-refractivity contribution in [2.75, 3.05) is 27.0 Å². The lowest BCUT2D eigenvalue weighted by molar-refractivity contribution is -0.127. The summed E-state index contributed by atoms with van der Waals surface area (Å²) in [4.78, 5) is 32.8. The van der Waals surface area contributed by atoms with E-state index in [0.29, 0.717) is 39.8 Å². The summed E-state index contributed by atoms with van der Waals surface area (Å²) in [5.41, 5.74) is 3.17. The molecule has 7 nitrogen and oxygen atoms in total. The number of rotatable bonds is 8. The van der Waals surface area contributed by atoms with Crippen LogP contribution in [-0.4, -0.2) is 47.4 Å². The number of fused-ring (bicyclic) bond motifs is 1. The second-order valence-electron chi connectivity index (χ2n) is 8.12. The molecule has 35 heavy (non-hydrogen) atoms. The number of hydrogen-bond acceptors (Lipinski definition) is 6. The number of hydrogen-bond donors (Lipinski definition) is 0. The first-order chi connectivity index (χ1) is 16.9. The van der Waals surface area contributed by atoms with Gasteiger partial charge in [-0.2, -0.15) is 0 Å². The summed E-state index contributed by atoms with van der Waals surface area (Å²) >= 11 is 1.23. The van der Waals surface area contributed by atoms with Gasteiger partial charge in [-0.1, -0.05) is 53.7 Å². The zero-order chi connectivity index (χ0) is 24.9. The number of ether oxygens (including phenoxy) is 2. The molecule has 4 aromatic rings. The van der Waals surface area contributed by atoms with E-state index in [2.05, 4.69) is 0 Å². The Hall–Kier alpha value is -3.78. The second-order valence-corrected chi connectivity index (χ2v) is 9.06. The molecule has 0 aliphatic heterocycles. The van der Waals surface area contributed by atoms with Crippen LogP contribution in [0.5, 0.6) is 11.5 Å². The first-order valence-electron chi connectivity index (χ1n) is 11.1. The van der Waals surface area contributed by atoms with Crippen LogP contribution in [0, 0.1) is 6.92 Å². The molecule has 4 rings (SSSR count). The fourth-order valence-electron chi connectivity index (χ4n) is 3.69. The minimum Gasteiger partial charge on any atom is -0.493 e. The monoisotopic (exact) mass is 489 g/mol. The molecule has 0 atom stereocenters. The minimum absolute atomic E-state index is 0.0585. The molecule has 0 N–H and O–H groups in total. The lowest BCUT2D eigenvalue weighted by Gasteiger charge is -2.18. The zero-order valence-electron chi connectivity index (χ0n) is 20.1. The SMILES string of the molecule is COc1ccc(-n2c(SCC(=O)N(C)Cc3ccc(C)cc3)nc3ccccc3c2=O)cc1OC. The fourth-order valence-corrected chi connectivity index (χ4v) is 4.65. The van der Waals surface area contributed by atoms with Gasteiger partial charge in [0.15, 0.2) is 16.7 Å². The summed E-state index contributed by atoms with van der Waals surface area (Å²) in [6, 6.07) is 20.5. The van der Waals surface area contributed by atoms with Gasteiger partial charge in [0.1, 0.15) is 0 Å². The van der Waals surface area contributed by atoms with Crippen molar-refractivity contribution >= 4 is 28.6 Å². The van der Waals surface area contributed by atoms with E-state index in [-0.39, 0.29) is 17.2 Å². The van der Waals surface area contributed by atoms with Crippen LogP contribution in [0.25, 0.3) is 16.6 Å². The maximum Gasteiger partial charge on any atom is 0.266 e. The average molecular weight is 490 g/mol. The molecule has 8 heteroatoms. The van der Waals surface area contributed by atoms with Gasteiger partial charge in [0.2, 0.25) is 5.91 Å². The normalized spacial score (nSPS) is 10.9. The number of benzene rings is 3. The number of para-hydroxylation sites is 1. The molecule has 0 saturated carbocycles. The topological polar surface area (TPSA) is 73.7 Å². The van der Waals surface area contributed by atoms with Crippen molar-refractivity contribution < 1.29 is 14.3 Å². The molecule has 0 spiro atoms. The number of thioether (sulfide) groups is 1. The Balaban J connectivity index is 1.66. The van der Waals surface area contributed by atoms with E-state index < -0.39 is 0 Å². The number of carbonyl (C=O) groups is 1. The van der Waals surface area contributed by atoms with Crippen molar-refractivity contribution in [3.63, 3.8) is 0 Å². The van der Waals surface area contributed by atoms with Crippen LogP contribution < -0.4 is 15.0 Å². The molecular weight excluding hydrogens is 462 g/mol. The molecule has 0 radical (unpaired) electrons. The van der Waals surface area contributed by atoms with Gasteiger partial charge in [0, 0.05) is 19.7 Å². The van der Waals surface area contributed by atoms with Gasteiger partial charge in [-0.05, 0) is 36.8 Å². The summed E-state index contributed by atoms with van der Waals surface area (Å²) < 4.78 is 12.3. The Bertz CT molecular complexity index is 1420. The van der Waals surface area contributed by atoms with E-state index in [1.807, 2.05) is 37.3 Å². The molecule has 1 aromatic heterocycles. The first kappa shape index (κ1) is 24.3.